The number of methoxy groups -OCH3 is 3. The molecule has 1 aromatic rings. The Morgan fingerprint density at radius 3 is 2.00 bits per heavy atom. The molecule has 0 spiro atoms. The Kier molecular flexibility index (Phi) is 6.54. The fraction of sp³-hybridized carbons (Fsp3) is 0.667. The Morgan fingerprint density at radius 2 is 1.57 bits per heavy atom. The molecular weight excluding hydrogens is 292 g/mol. The molecule has 1 aliphatic heterocycles. The molecule has 0 amide bonds. The third kappa shape index (κ3) is 4.30. The molecule has 130 valence electrons. The maximum Gasteiger partial charge on any atom is 0.131 e. The summed E-state index contributed by atoms with van der Waals surface area (Å²) in [5.74, 6) is 3.02. The number of piperazine rings is 1. The van der Waals surface area contributed by atoms with E-state index in [2.05, 4.69) is 24.1 Å². The molecule has 0 unspecified atom stereocenters. The van der Waals surface area contributed by atoms with Gasteiger partial charge in [0.2, 0.25) is 0 Å². The summed E-state index contributed by atoms with van der Waals surface area (Å²) in [5.41, 5.74) is 1.13. The molecule has 1 aliphatic rings. The van der Waals surface area contributed by atoms with Gasteiger partial charge in [-0.05, 0) is 12.3 Å². The molecule has 1 aromatic carbocycles. The highest BCUT2D eigenvalue weighted by atomic mass is 16.5. The van der Waals surface area contributed by atoms with Crippen molar-refractivity contribution >= 4 is 0 Å². The van der Waals surface area contributed by atoms with E-state index < -0.39 is 0 Å². The van der Waals surface area contributed by atoms with Crippen LogP contribution in [-0.4, -0.2) is 52.4 Å². The van der Waals surface area contributed by atoms with Gasteiger partial charge in [-0.15, -0.1) is 0 Å². The van der Waals surface area contributed by atoms with E-state index in [9.17, 15) is 0 Å². The molecule has 1 heterocycles. The molecule has 0 saturated carbocycles. The van der Waals surface area contributed by atoms with Crippen molar-refractivity contribution in [3.63, 3.8) is 0 Å². The van der Waals surface area contributed by atoms with E-state index in [0.717, 1.165) is 55.4 Å². The molecule has 1 atom stereocenters. The van der Waals surface area contributed by atoms with E-state index in [0.29, 0.717) is 5.92 Å². The van der Waals surface area contributed by atoms with Crippen molar-refractivity contribution in [3.05, 3.63) is 17.7 Å². The highest BCUT2D eigenvalue weighted by molar-refractivity contribution is 5.52. The molecule has 5 heteroatoms. The second-order valence-electron chi connectivity index (χ2n) is 6.38. The minimum absolute atomic E-state index is 0.285. The van der Waals surface area contributed by atoms with Gasteiger partial charge in [-0.25, -0.2) is 0 Å². The molecular formula is C18H30N2O3. The summed E-state index contributed by atoms with van der Waals surface area (Å²) >= 11 is 0. The predicted molar refractivity (Wildman–Crippen MR) is 92.7 cm³/mol. The van der Waals surface area contributed by atoms with E-state index in [4.69, 9.17) is 14.2 Å². The predicted octanol–water partition coefficient (Wildman–Crippen LogP) is 2.70. The number of ether oxygens (including phenoxy) is 3. The minimum atomic E-state index is 0.285. The van der Waals surface area contributed by atoms with Crippen molar-refractivity contribution in [2.24, 2.45) is 5.92 Å². The van der Waals surface area contributed by atoms with Crippen LogP contribution in [0.1, 0.15) is 31.9 Å². The Morgan fingerprint density at radius 1 is 1.00 bits per heavy atom. The lowest BCUT2D eigenvalue weighted by Gasteiger charge is -2.37. The van der Waals surface area contributed by atoms with Crippen LogP contribution < -0.4 is 19.5 Å². The van der Waals surface area contributed by atoms with Gasteiger partial charge in [0.05, 0.1) is 26.9 Å². The van der Waals surface area contributed by atoms with Crippen LogP contribution in [0.5, 0.6) is 17.2 Å². The van der Waals surface area contributed by atoms with Gasteiger partial charge in [-0.3, -0.25) is 4.90 Å². The molecule has 5 nitrogen and oxygen atoms in total. The summed E-state index contributed by atoms with van der Waals surface area (Å²) in [5, 5.41) is 3.43. The average molecular weight is 322 g/mol. The van der Waals surface area contributed by atoms with Crippen LogP contribution in [0, 0.1) is 5.92 Å². The monoisotopic (exact) mass is 322 g/mol. The van der Waals surface area contributed by atoms with Crippen LogP contribution in [0.15, 0.2) is 12.1 Å². The number of nitrogens with zero attached hydrogens (tertiary/aromatic N) is 1. The first-order valence-corrected chi connectivity index (χ1v) is 8.35. The number of nitrogens with one attached hydrogen (secondary N) is 1. The van der Waals surface area contributed by atoms with Gasteiger partial charge < -0.3 is 19.5 Å². The Labute approximate surface area is 139 Å². The number of rotatable bonds is 7. The van der Waals surface area contributed by atoms with Crippen molar-refractivity contribution in [1.82, 2.24) is 10.2 Å². The quantitative estimate of drug-likeness (QED) is 0.836. The van der Waals surface area contributed by atoms with Crippen LogP contribution in [0.25, 0.3) is 0 Å². The first-order valence-electron chi connectivity index (χ1n) is 8.35. The zero-order valence-electron chi connectivity index (χ0n) is 15.0. The van der Waals surface area contributed by atoms with Crippen LogP contribution in [0.2, 0.25) is 0 Å². The van der Waals surface area contributed by atoms with Crippen LogP contribution in [0.3, 0.4) is 0 Å². The lowest BCUT2D eigenvalue weighted by molar-refractivity contribution is 0.148. The highest BCUT2D eigenvalue weighted by Gasteiger charge is 2.29. The van der Waals surface area contributed by atoms with Gasteiger partial charge in [-0.1, -0.05) is 13.8 Å². The third-order valence-electron chi connectivity index (χ3n) is 4.37. The first-order chi connectivity index (χ1) is 11.1. The van der Waals surface area contributed by atoms with Gasteiger partial charge in [0.25, 0.3) is 0 Å². The molecule has 0 aromatic heterocycles. The standard InChI is InChI=1S/C18H30N2O3/c1-13(2)10-15(20-8-6-19-7-9-20)18-16(22-4)11-14(21-3)12-17(18)23-5/h11-13,15,19H,6-10H2,1-5H3/t15-/m0/s1. The maximum absolute atomic E-state index is 5.68. The van der Waals surface area contributed by atoms with Crippen LogP contribution in [-0.2, 0) is 0 Å². The highest BCUT2D eigenvalue weighted by Crippen LogP contribution is 2.43. The van der Waals surface area contributed by atoms with E-state index in [-0.39, 0.29) is 6.04 Å². The smallest absolute Gasteiger partial charge is 0.131 e. The van der Waals surface area contributed by atoms with Gasteiger partial charge >= 0.3 is 0 Å². The molecule has 1 fully saturated rings. The molecule has 23 heavy (non-hydrogen) atoms. The summed E-state index contributed by atoms with van der Waals surface area (Å²) < 4.78 is 16.7. The van der Waals surface area contributed by atoms with Gasteiger partial charge in [-0.2, -0.15) is 0 Å². The summed E-state index contributed by atoms with van der Waals surface area (Å²) in [7, 11) is 5.08. The van der Waals surface area contributed by atoms with Crippen LogP contribution >= 0.6 is 0 Å². The zero-order valence-corrected chi connectivity index (χ0v) is 15.0. The van der Waals surface area contributed by atoms with Crippen molar-refractivity contribution in [1.29, 1.82) is 0 Å². The number of hydrogen-bond acceptors (Lipinski definition) is 5. The van der Waals surface area contributed by atoms with Crippen molar-refractivity contribution in [2.75, 3.05) is 47.5 Å². The van der Waals surface area contributed by atoms with Gasteiger partial charge in [0.15, 0.2) is 0 Å². The third-order valence-corrected chi connectivity index (χ3v) is 4.37. The summed E-state index contributed by atoms with van der Waals surface area (Å²) in [6.45, 7) is 8.64. The Hall–Kier alpha value is -1.46. The molecule has 1 N–H and O–H groups in total. The van der Waals surface area contributed by atoms with E-state index in [1.807, 2.05) is 12.1 Å². The van der Waals surface area contributed by atoms with Gasteiger partial charge in [0, 0.05) is 44.4 Å². The lowest BCUT2D eigenvalue weighted by atomic mass is 9.93. The first kappa shape index (κ1) is 17.9. The van der Waals surface area contributed by atoms with Gasteiger partial charge in [0.1, 0.15) is 17.2 Å². The van der Waals surface area contributed by atoms with E-state index in [1.165, 1.54) is 0 Å². The van der Waals surface area contributed by atoms with E-state index >= 15 is 0 Å². The molecule has 1 saturated heterocycles. The average Bonchev–Trinajstić information content (AvgIpc) is 2.59. The number of benzene rings is 1. The fourth-order valence-corrected chi connectivity index (χ4v) is 3.25. The second-order valence-corrected chi connectivity index (χ2v) is 6.38. The normalized spacial score (nSPS) is 17.1. The van der Waals surface area contributed by atoms with E-state index in [1.54, 1.807) is 21.3 Å². The lowest BCUT2D eigenvalue weighted by Crippen LogP contribution is -2.45. The van der Waals surface area contributed by atoms with Crippen molar-refractivity contribution in [2.45, 2.75) is 26.3 Å². The Bertz CT molecular complexity index is 474. The number of hydrogen-bond donors (Lipinski definition) is 1. The second kappa shape index (κ2) is 8.41. The summed E-state index contributed by atoms with van der Waals surface area (Å²) in [6, 6.07) is 4.19. The maximum atomic E-state index is 5.68. The molecule has 0 radical (unpaired) electrons. The Balaban J connectivity index is 2.46. The topological polar surface area (TPSA) is 43.0 Å². The molecule has 2 rings (SSSR count). The minimum Gasteiger partial charge on any atom is -0.496 e. The van der Waals surface area contributed by atoms with Crippen LogP contribution in [0.4, 0.5) is 0 Å². The largest absolute Gasteiger partial charge is 0.496 e. The fourth-order valence-electron chi connectivity index (χ4n) is 3.25. The zero-order chi connectivity index (χ0) is 16.8. The van der Waals surface area contributed by atoms with Crippen molar-refractivity contribution in [3.8, 4) is 17.2 Å². The molecule has 0 bridgehead atoms. The summed E-state index contributed by atoms with van der Waals surface area (Å²) in [4.78, 5) is 2.53. The summed E-state index contributed by atoms with van der Waals surface area (Å²) in [6.07, 6.45) is 1.07. The molecule has 0 aliphatic carbocycles. The van der Waals surface area contributed by atoms with Crippen molar-refractivity contribution < 1.29 is 14.2 Å². The SMILES string of the molecule is COc1cc(OC)c([C@H](CC(C)C)N2CCNCC2)c(OC)c1.